The van der Waals surface area contributed by atoms with Crippen LogP contribution >= 0.6 is 11.3 Å². The molecule has 120 valence electrons. The Kier molecular flexibility index (Phi) is 4.76. The number of hydrogen-bond donors (Lipinski definition) is 1. The van der Waals surface area contributed by atoms with Crippen LogP contribution in [0.2, 0.25) is 0 Å². The number of nitrogens with zero attached hydrogens (tertiary/aromatic N) is 1. The van der Waals surface area contributed by atoms with Crippen molar-refractivity contribution >= 4 is 23.2 Å². The lowest BCUT2D eigenvalue weighted by molar-refractivity contribution is 0.0691. The van der Waals surface area contributed by atoms with Crippen LogP contribution in [0.1, 0.15) is 37.7 Å². The summed E-state index contributed by atoms with van der Waals surface area (Å²) in [7, 11) is 0. The van der Waals surface area contributed by atoms with Gasteiger partial charge >= 0.3 is 5.97 Å². The van der Waals surface area contributed by atoms with Crippen LogP contribution in [0.15, 0.2) is 42.5 Å². The number of piperidine rings is 1. The third-order valence-electron chi connectivity index (χ3n) is 4.30. The Labute approximate surface area is 139 Å². The van der Waals surface area contributed by atoms with Crippen molar-refractivity contribution < 1.29 is 14.7 Å². The zero-order valence-electron chi connectivity index (χ0n) is 12.8. The lowest BCUT2D eigenvalue weighted by Gasteiger charge is -2.31. The molecular formula is C18H19NO3S. The molecule has 1 aromatic carbocycles. The second-order valence-corrected chi connectivity index (χ2v) is 6.98. The van der Waals surface area contributed by atoms with E-state index in [-0.39, 0.29) is 10.8 Å². The van der Waals surface area contributed by atoms with E-state index in [1.54, 1.807) is 6.07 Å². The summed E-state index contributed by atoms with van der Waals surface area (Å²) in [6.45, 7) is 1.49. The van der Waals surface area contributed by atoms with E-state index in [4.69, 9.17) is 5.11 Å². The van der Waals surface area contributed by atoms with Crippen LogP contribution in [0.3, 0.4) is 0 Å². The molecular weight excluding hydrogens is 310 g/mol. The first-order chi connectivity index (χ1) is 11.1. The van der Waals surface area contributed by atoms with Gasteiger partial charge in [0.1, 0.15) is 4.88 Å². The first kappa shape index (κ1) is 15.7. The standard InChI is InChI=1S/C18H19NO3S/c20-17(15-6-7-16(23-15)18(21)22)19-10-8-14(9-11-19)12-13-4-2-1-3-5-13/h1-7,14H,8-12H2,(H,21,22). The number of benzene rings is 1. The number of carboxylic acids is 1. The van der Waals surface area contributed by atoms with Crippen LogP contribution in [-0.2, 0) is 6.42 Å². The van der Waals surface area contributed by atoms with E-state index in [9.17, 15) is 9.59 Å². The molecule has 4 nitrogen and oxygen atoms in total. The van der Waals surface area contributed by atoms with E-state index in [1.165, 1.54) is 11.6 Å². The summed E-state index contributed by atoms with van der Waals surface area (Å²) in [5.74, 6) is -0.407. The van der Waals surface area contributed by atoms with Crippen molar-refractivity contribution in [1.82, 2.24) is 4.90 Å². The molecule has 0 aliphatic carbocycles. The molecule has 1 aliphatic heterocycles. The molecule has 0 spiro atoms. The van der Waals surface area contributed by atoms with Gasteiger partial charge in [0, 0.05) is 13.1 Å². The van der Waals surface area contributed by atoms with Gasteiger partial charge in [0.2, 0.25) is 0 Å². The Morgan fingerprint density at radius 1 is 1.04 bits per heavy atom. The van der Waals surface area contributed by atoms with E-state index < -0.39 is 5.97 Å². The maximum atomic E-state index is 12.4. The molecule has 2 heterocycles. The highest BCUT2D eigenvalue weighted by Gasteiger charge is 2.25. The van der Waals surface area contributed by atoms with E-state index in [0.717, 1.165) is 43.7 Å². The van der Waals surface area contributed by atoms with Crippen molar-refractivity contribution in [3.8, 4) is 0 Å². The lowest BCUT2D eigenvalue weighted by atomic mass is 9.90. The second-order valence-electron chi connectivity index (χ2n) is 5.89. The van der Waals surface area contributed by atoms with Gasteiger partial charge in [-0.05, 0) is 42.9 Å². The maximum Gasteiger partial charge on any atom is 0.345 e. The van der Waals surface area contributed by atoms with Crippen LogP contribution < -0.4 is 0 Å². The number of hydrogen-bond acceptors (Lipinski definition) is 3. The van der Waals surface area contributed by atoms with E-state index in [2.05, 4.69) is 24.3 Å². The topological polar surface area (TPSA) is 57.6 Å². The average molecular weight is 329 g/mol. The van der Waals surface area contributed by atoms with E-state index in [1.807, 2.05) is 11.0 Å². The third kappa shape index (κ3) is 3.79. The van der Waals surface area contributed by atoms with Crippen LogP contribution in [0.4, 0.5) is 0 Å². The molecule has 1 aromatic heterocycles. The van der Waals surface area contributed by atoms with Gasteiger partial charge < -0.3 is 10.0 Å². The van der Waals surface area contributed by atoms with Crippen molar-refractivity contribution in [2.24, 2.45) is 5.92 Å². The molecule has 1 saturated heterocycles. The number of amides is 1. The summed E-state index contributed by atoms with van der Waals surface area (Å²) in [5, 5.41) is 8.95. The zero-order valence-corrected chi connectivity index (χ0v) is 13.6. The summed E-state index contributed by atoms with van der Waals surface area (Å²) < 4.78 is 0. The smallest absolute Gasteiger partial charge is 0.345 e. The van der Waals surface area contributed by atoms with Gasteiger partial charge in [-0.2, -0.15) is 0 Å². The number of likely N-dealkylation sites (tertiary alicyclic amines) is 1. The van der Waals surface area contributed by atoms with Crippen molar-refractivity contribution in [3.05, 3.63) is 57.8 Å². The Morgan fingerprint density at radius 2 is 1.70 bits per heavy atom. The van der Waals surface area contributed by atoms with Crippen molar-refractivity contribution in [2.75, 3.05) is 13.1 Å². The SMILES string of the molecule is O=C(O)c1ccc(C(=O)N2CCC(Cc3ccccc3)CC2)s1. The number of rotatable bonds is 4. The van der Waals surface area contributed by atoms with Crippen molar-refractivity contribution in [1.29, 1.82) is 0 Å². The van der Waals surface area contributed by atoms with Crippen LogP contribution in [0, 0.1) is 5.92 Å². The van der Waals surface area contributed by atoms with Gasteiger partial charge in [-0.25, -0.2) is 4.79 Å². The largest absolute Gasteiger partial charge is 0.477 e. The summed E-state index contributed by atoms with van der Waals surface area (Å²) in [6.07, 6.45) is 3.06. The highest BCUT2D eigenvalue weighted by molar-refractivity contribution is 7.15. The van der Waals surface area contributed by atoms with Crippen LogP contribution in [-0.4, -0.2) is 35.0 Å². The molecule has 23 heavy (non-hydrogen) atoms. The molecule has 1 N–H and O–H groups in total. The van der Waals surface area contributed by atoms with Gasteiger partial charge in [-0.1, -0.05) is 30.3 Å². The number of carbonyl (C=O) groups is 2. The molecule has 0 unspecified atom stereocenters. The highest BCUT2D eigenvalue weighted by atomic mass is 32.1. The predicted octanol–water partition coefficient (Wildman–Crippen LogP) is 3.54. The first-order valence-corrected chi connectivity index (χ1v) is 8.61. The summed E-state index contributed by atoms with van der Waals surface area (Å²) >= 11 is 1.06. The summed E-state index contributed by atoms with van der Waals surface area (Å²) in [5.41, 5.74) is 1.35. The molecule has 0 bridgehead atoms. The summed E-state index contributed by atoms with van der Waals surface area (Å²) in [6, 6.07) is 13.6. The van der Waals surface area contributed by atoms with Crippen LogP contribution in [0.5, 0.6) is 0 Å². The monoisotopic (exact) mass is 329 g/mol. The fraction of sp³-hybridized carbons (Fsp3) is 0.333. The Hall–Kier alpha value is -2.14. The van der Waals surface area contributed by atoms with Gasteiger partial charge in [-0.3, -0.25) is 4.79 Å². The highest BCUT2D eigenvalue weighted by Crippen LogP contribution is 2.25. The van der Waals surface area contributed by atoms with Crippen molar-refractivity contribution in [3.63, 3.8) is 0 Å². The minimum absolute atomic E-state index is 0.0411. The number of carbonyl (C=O) groups excluding carboxylic acids is 1. The Morgan fingerprint density at radius 3 is 2.30 bits per heavy atom. The second kappa shape index (κ2) is 6.96. The summed E-state index contributed by atoms with van der Waals surface area (Å²) in [4.78, 5) is 25.9. The normalized spacial score (nSPS) is 15.6. The molecule has 1 aliphatic rings. The molecule has 0 radical (unpaired) electrons. The van der Waals surface area contributed by atoms with Gasteiger partial charge in [0.05, 0.1) is 4.88 Å². The average Bonchev–Trinajstić information content (AvgIpc) is 3.06. The Balaban J connectivity index is 1.55. The minimum Gasteiger partial charge on any atom is -0.477 e. The Bertz CT molecular complexity index is 687. The predicted molar refractivity (Wildman–Crippen MR) is 90.1 cm³/mol. The lowest BCUT2D eigenvalue weighted by Crippen LogP contribution is -2.38. The zero-order chi connectivity index (χ0) is 16.2. The van der Waals surface area contributed by atoms with Gasteiger partial charge in [-0.15, -0.1) is 11.3 Å². The number of carboxylic acid groups (broad SMARTS) is 1. The fourth-order valence-electron chi connectivity index (χ4n) is 3.01. The molecule has 3 rings (SSSR count). The quantitative estimate of drug-likeness (QED) is 0.933. The minimum atomic E-state index is -0.976. The number of thiophene rings is 1. The van der Waals surface area contributed by atoms with Crippen molar-refractivity contribution in [2.45, 2.75) is 19.3 Å². The molecule has 2 aromatic rings. The molecule has 5 heteroatoms. The maximum absolute atomic E-state index is 12.4. The fourth-order valence-corrected chi connectivity index (χ4v) is 3.82. The van der Waals surface area contributed by atoms with Gasteiger partial charge in [0.15, 0.2) is 0 Å². The van der Waals surface area contributed by atoms with Crippen LogP contribution in [0.25, 0.3) is 0 Å². The molecule has 0 atom stereocenters. The molecule has 0 saturated carbocycles. The van der Waals surface area contributed by atoms with Gasteiger partial charge in [0.25, 0.3) is 5.91 Å². The van der Waals surface area contributed by atoms with E-state index in [0.29, 0.717) is 10.8 Å². The molecule has 1 fully saturated rings. The third-order valence-corrected chi connectivity index (χ3v) is 5.36. The first-order valence-electron chi connectivity index (χ1n) is 7.80. The molecule has 1 amide bonds. The number of aromatic carboxylic acids is 1. The van der Waals surface area contributed by atoms with E-state index >= 15 is 0 Å².